The minimum absolute atomic E-state index is 0.0547. The summed E-state index contributed by atoms with van der Waals surface area (Å²) < 4.78 is 1.55. The first-order chi connectivity index (χ1) is 12.9. The van der Waals surface area contributed by atoms with Crippen LogP contribution < -0.4 is 5.32 Å². The van der Waals surface area contributed by atoms with E-state index >= 15 is 0 Å². The molecule has 1 amide bonds. The first kappa shape index (κ1) is 19.4. The summed E-state index contributed by atoms with van der Waals surface area (Å²) in [7, 11) is 1.62. The number of hydrogen-bond acceptors (Lipinski definition) is 7. The first-order valence-corrected chi connectivity index (χ1v) is 9.09. The van der Waals surface area contributed by atoms with Crippen molar-refractivity contribution in [3.8, 4) is 11.4 Å². The molecule has 3 heterocycles. The van der Waals surface area contributed by atoms with Crippen LogP contribution in [0, 0.1) is 5.92 Å². The molecule has 0 radical (unpaired) electrons. The monoisotopic (exact) mass is 374 g/mol. The molecule has 4 unspecified atom stereocenters. The average Bonchev–Trinajstić information content (AvgIpc) is 3.28. The fourth-order valence-corrected chi connectivity index (χ4v) is 3.51. The van der Waals surface area contributed by atoms with Crippen molar-refractivity contribution in [3.63, 3.8) is 0 Å². The smallest absolute Gasteiger partial charge is 0.248 e. The van der Waals surface area contributed by atoms with Crippen molar-refractivity contribution in [1.82, 2.24) is 30.2 Å². The van der Waals surface area contributed by atoms with Gasteiger partial charge in [0.1, 0.15) is 18.0 Å². The normalized spacial score (nSPS) is 22.2. The van der Waals surface area contributed by atoms with Crippen LogP contribution in [-0.2, 0) is 4.79 Å². The number of nitrogens with zero attached hydrogens (tertiary/aromatic N) is 5. The van der Waals surface area contributed by atoms with Gasteiger partial charge in [0.25, 0.3) is 0 Å². The molecule has 9 heteroatoms. The minimum Gasteiger partial charge on any atom is -0.391 e. The molecule has 0 spiro atoms. The molecule has 0 saturated carbocycles. The Labute approximate surface area is 158 Å². The van der Waals surface area contributed by atoms with Crippen LogP contribution >= 0.6 is 0 Å². The summed E-state index contributed by atoms with van der Waals surface area (Å²) in [4.78, 5) is 19.1. The number of carbonyl (C=O) groups excluding carboxylic acids is 1. The molecule has 146 valence electrons. The number of carbonyl (C=O) groups is 1. The lowest BCUT2D eigenvalue weighted by atomic mass is 10.0. The summed E-state index contributed by atoms with van der Waals surface area (Å²) >= 11 is 0. The molecule has 0 aromatic carbocycles. The third-order valence-electron chi connectivity index (χ3n) is 4.87. The van der Waals surface area contributed by atoms with Gasteiger partial charge in [-0.05, 0) is 31.5 Å². The summed E-state index contributed by atoms with van der Waals surface area (Å²) in [5, 5.41) is 31.3. The zero-order chi connectivity index (χ0) is 19.6. The molecule has 2 aromatic rings. The van der Waals surface area contributed by atoms with Crippen molar-refractivity contribution in [2.45, 2.75) is 44.7 Å². The highest BCUT2D eigenvalue weighted by Crippen LogP contribution is 2.28. The number of aliphatic hydroxyl groups excluding tert-OH is 2. The van der Waals surface area contributed by atoms with Gasteiger partial charge in [-0.3, -0.25) is 15.1 Å². The van der Waals surface area contributed by atoms with Crippen LogP contribution in [0.2, 0.25) is 0 Å². The van der Waals surface area contributed by atoms with Crippen molar-refractivity contribution in [2.24, 2.45) is 5.92 Å². The third-order valence-corrected chi connectivity index (χ3v) is 4.87. The highest BCUT2D eigenvalue weighted by molar-refractivity contribution is 5.81. The topological polar surface area (TPSA) is 116 Å². The molecular formula is C18H26N6O3. The predicted molar refractivity (Wildman–Crippen MR) is 98.3 cm³/mol. The fraction of sp³-hybridized carbons (Fsp3) is 0.556. The van der Waals surface area contributed by atoms with Gasteiger partial charge >= 0.3 is 0 Å². The minimum atomic E-state index is -0.904. The molecule has 1 aliphatic rings. The Balaban J connectivity index is 1.87. The van der Waals surface area contributed by atoms with Gasteiger partial charge in [-0.15, -0.1) is 5.10 Å². The molecule has 3 N–H and O–H groups in total. The molecule has 27 heavy (non-hydrogen) atoms. The Morgan fingerprint density at radius 2 is 2.11 bits per heavy atom. The Kier molecular flexibility index (Phi) is 5.83. The van der Waals surface area contributed by atoms with E-state index in [9.17, 15) is 15.0 Å². The van der Waals surface area contributed by atoms with Crippen LogP contribution in [0.5, 0.6) is 0 Å². The van der Waals surface area contributed by atoms with Gasteiger partial charge in [0.2, 0.25) is 5.91 Å². The van der Waals surface area contributed by atoms with Crippen molar-refractivity contribution >= 4 is 5.91 Å². The van der Waals surface area contributed by atoms with Crippen LogP contribution in [0.15, 0.2) is 30.6 Å². The second-order valence-electron chi connectivity index (χ2n) is 7.17. The Bertz CT molecular complexity index is 765. The zero-order valence-electron chi connectivity index (χ0n) is 15.7. The largest absolute Gasteiger partial charge is 0.391 e. The summed E-state index contributed by atoms with van der Waals surface area (Å²) in [5.41, 5.74) is 1.26. The van der Waals surface area contributed by atoms with Crippen molar-refractivity contribution < 1.29 is 15.0 Å². The summed E-state index contributed by atoms with van der Waals surface area (Å²) in [6.45, 7) is 4.05. The Hall–Kier alpha value is -2.36. The molecule has 0 bridgehead atoms. The zero-order valence-corrected chi connectivity index (χ0v) is 15.7. The summed E-state index contributed by atoms with van der Waals surface area (Å²) in [5.74, 6) is -0.251. The number of nitrogens with one attached hydrogen (secondary N) is 1. The third kappa shape index (κ3) is 4.00. The van der Waals surface area contributed by atoms with E-state index in [0.29, 0.717) is 17.8 Å². The van der Waals surface area contributed by atoms with Gasteiger partial charge in [-0.2, -0.15) is 0 Å². The van der Waals surface area contributed by atoms with Crippen LogP contribution in [0.4, 0.5) is 0 Å². The van der Waals surface area contributed by atoms with E-state index in [1.165, 1.54) is 0 Å². The van der Waals surface area contributed by atoms with Crippen LogP contribution in [-0.4, -0.2) is 73.0 Å². The average molecular weight is 374 g/mol. The Morgan fingerprint density at radius 3 is 2.74 bits per heavy atom. The first-order valence-electron chi connectivity index (χ1n) is 9.09. The van der Waals surface area contributed by atoms with E-state index in [1.54, 1.807) is 29.0 Å². The molecule has 3 rings (SSSR count). The molecule has 4 atom stereocenters. The van der Waals surface area contributed by atoms with E-state index in [2.05, 4.69) is 20.6 Å². The van der Waals surface area contributed by atoms with Crippen molar-refractivity contribution in [1.29, 1.82) is 0 Å². The number of hydrogen-bond donors (Lipinski definition) is 3. The second kappa shape index (κ2) is 8.12. The molecule has 1 fully saturated rings. The van der Waals surface area contributed by atoms with E-state index in [-0.39, 0.29) is 18.4 Å². The van der Waals surface area contributed by atoms with Gasteiger partial charge < -0.3 is 15.1 Å². The number of likely N-dealkylation sites (tertiary alicyclic amines) is 1. The lowest BCUT2D eigenvalue weighted by Gasteiger charge is -2.32. The standard InChI is InChI=1S/C18H26N6O3/c1-11(2)16(18(27)23-9-12(25)8-15(23)17(26)19-3)24-10-14(21-22-24)13-6-4-5-7-20-13/h4-7,10-12,15-17,19,25-26H,8-9H2,1-3H3. The lowest BCUT2D eigenvalue weighted by molar-refractivity contribution is -0.140. The molecule has 0 aliphatic carbocycles. The van der Waals surface area contributed by atoms with Crippen LogP contribution in [0.25, 0.3) is 11.4 Å². The number of rotatable bonds is 6. The highest BCUT2D eigenvalue weighted by atomic mass is 16.3. The predicted octanol–water partition coefficient (Wildman–Crippen LogP) is 0.0368. The van der Waals surface area contributed by atoms with Gasteiger partial charge in [-0.25, -0.2) is 4.68 Å². The van der Waals surface area contributed by atoms with Crippen LogP contribution in [0.1, 0.15) is 26.3 Å². The van der Waals surface area contributed by atoms with E-state index in [1.807, 2.05) is 32.0 Å². The number of aromatic nitrogens is 4. The van der Waals surface area contributed by atoms with Gasteiger partial charge in [0.05, 0.1) is 24.0 Å². The number of pyridine rings is 1. The maximum atomic E-state index is 13.3. The molecular weight excluding hydrogens is 348 g/mol. The summed E-state index contributed by atoms with van der Waals surface area (Å²) in [6, 6.07) is 4.43. The van der Waals surface area contributed by atoms with Gasteiger partial charge in [0, 0.05) is 12.7 Å². The van der Waals surface area contributed by atoms with Crippen molar-refractivity contribution in [3.05, 3.63) is 30.6 Å². The van der Waals surface area contributed by atoms with E-state index in [4.69, 9.17) is 0 Å². The van der Waals surface area contributed by atoms with E-state index in [0.717, 1.165) is 0 Å². The molecule has 2 aromatic heterocycles. The van der Waals surface area contributed by atoms with E-state index < -0.39 is 24.4 Å². The lowest BCUT2D eigenvalue weighted by Crippen LogP contribution is -2.50. The maximum Gasteiger partial charge on any atom is 0.248 e. The van der Waals surface area contributed by atoms with Crippen molar-refractivity contribution in [2.75, 3.05) is 13.6 Å². The molecule has 1 saturated heterocycles. The molecule has 9 nitrogen and oxygen atoms in total. The second-order valence-corrected chi connectivity index (χ2v) is 7.17. The number of aliphatic hydroxyl groups is 2. The number of amides is 1. The Morgan fingerprint density at radius 1 is 1.33 bits per heavy atom. The number of likely N-dealkylation sites (N-methyl/N-ethyl adjacent to an activating group) is 1. The van der Waals surface area contributed by atoms with Gasteiger partial charge in [0.15, 0.2) is 0 Å². The van der Waals surface area contributed by atoms with Gasteiger partial charge in [-0.1, -0.05) is 25.1 Å². The highest BCUT2D eigenvalue weighted by Gasteiger charge is 2.42. The SMILES string of the molecule is CNC(O)C1CC(O)CN1C(=O)C(C(C)C)n1cc(-c2ccccn2)nn1. The maximum absolute atomic E-state index is 13.3. The number of β-amino-alcohol motifs (C(OH)–C–C–N with tert-alkyl or cyclic N) is 1. The quantitative estimate of drug-likeness (QED) is 0.611. The molecule has 1 aliphatic heterocycles. The van der Waals surface area contributed by atoms with Crippen LogP contribution in [0.3, 0.4) is 0 Å². The summed E-state index contributed by atoms with van der Waals surface area (Å²) in [6.07, 6.45) is 2.15. The fourth-order valence-electron chi connectivity index (χ4n) is 3.51.